The van der Waals surface area contributed by atoms with E-state index in [4.69, 9.17) is 14.7 Å². The topological polar surface area (TPSA) is 68.0 Å². The molecule has 0 saturated heterocycles. The first-order valence-corrected chi connectivity index (χ1v) is 6.07. The van der Waals surface area contributed by atoms with Crippen LogP contribution in [0.2, 0.25) is 0 Å². The molecule has 0 radical (unpaired) electrons. The van der Waals surface area contributed by atoms with E-state index in [0.29, 0.717) is 28.7 Å². The van der Waals surface area contributed by atoms with Crippen LogP contribution in [0.15, 0.2) is 18.2 Å². The van der Waals surface area contributed by atoms with E-state index < -0.39 is 0 Å². The number of rotatable bonds is 3. The standard InChI is InChI=1S/C15H15N3O2/c1-9-5-14(19-3)15(20-4)7-12(9)13-6-11(8-16)17-10(2)18-13/h5-7H,1-4H3. The summed E-state index contributed by atoms with van der Waals surface area (Å²) in [5.41, 5.74) is 2.93. The van der Waals surface area contributed by atoms with Crippen molar-refractivity contribution in [3.63, 3.8) is 0 Å². The number of nitriles is 1. The second-order valence-corrected chi connectivity index (χ2v) is 4.32. The van der Waals surface area contributed by atoms with Crippen molar-refractivity contribution in [2.45, 2.75) is 13.8 Å². The second kappa shape index (κ2) is 5.57. The Kier molecular flexibility index (Phi) is 3.85. The Balaban J connectivity index is 2.64. The zero-order valence-electron chi connectivity index (χ0n) is 11.9. The molecule has 1 aromatic heterocycles. The number of nitrogens with zero attached hydrogens (tertiary/aromatic N) is 3. The van der Waals surface area contributed by atoms with Gasteiger partial charge in [0.1, 0.15) is 17.6 Å². The van der Waals surface area contributed by atoms with Gasteiger partial charge in [0.15, 0.2) is 11.5 Å². The fourth-order valence-electron chi connectivity index (χ4n) is 2.02. The van der Waals surface area contributed by atoms with Crippen LogP contribution in [0.5, 0.6) is 11.5 Å². The van der Waals surface area contributed by atoms with Crippen LogP contribution in [0.25, 0.3) is 11.3 Å². The lowest BCUT2D eigenvalue weighted by atomic mass is 10.0. The van der Waals surface area contributed by atoms with E-state index in [1.165, 1.54) is 0 Å². The summed E-state index contributed by atoms with van der Waals surface area (Å²) in [6, 6.07) is 7.45. The summed E-state index contributed by atoms with van der Waals surface area (Å²) in [5, 5.41) is 9.00. The number of aryl methyl sites for hydroxylation is 2. The van der Waals surface area contributed by atoms with Crippen LogP contribution in [0.3, 0.4) is 0 Å². The Hall–Kier alpha value is -2.61. The Morgan fingerprint density at radius 2 is 1.65 bits per heavy atom. The van der Waals surface area contributed by atoms with Crippen molar-refractivity contribution in [1.29, 1.82) is 5.26 Å². The summed E-state index contributed by atoms with van der Waals surface area (Å²) < 4.78 is 10.6. The maximum absolute atomic E-state index is 9.00. The van der Waals surface area contributed by atoms with Gasteiger partial charge >= 0.3 is 0 Å². The number of aromatic nitrogens is 2. The summed E-state index contributed by atoms with van der Waals surface area (Å²) in [6.07, 6.45) is 0. The second-order valence-electron chi connectivity index (χ2n) is 4.32. The lowest BCUT2D eigenvalue weighted by molar-refractivity contribution is 0.355. The average Bonchev–Trinajstić information content (AvgIpc) is 2.46. The van der Waals surface area contributed by atoms with Crippen molar-refractivity contribution in [2.24, 2.45) is 0 Å². The third-order valence-electron chi connectivity index (χ3n) is 2.96. The number of benzene rings is 1. The molecule has 5 heteroatoms. The molecule has 1 aromatic carbocycles. The number of hydrogen-bond acceptors (Lipinski definition) is 5. The highest BCUT2D eigenvalue weighted by Crippen LogP contribution is 2.34. The van der Waals surface area contributed by atoms with Crippen LogP contribution in [-0.2, 0) is 0 Å². The molecular formula is C15H15N3O2. The van der Waals surface area contributed by atoms with Gasteiger partial charge in [0.2, 0.25) is 0 Å². The van der Waals surface area contributed by atoms with E-state index in [-0.39, 0.29) is 0 Å². The molecule has 0 amide bonds. The SMILES string of the molecule is COc1cc(C)c(-c2cc(C#N)nc(C)n2)cc1OC. The van der Waals surface area contributed by atoms with E-state index in [0.717, 1.165) is 11.1 Å². The van der Waals surface area contributed by atoms with Gasteiger partial charge in [-0.1, -0.05) is 0 Å². The normalized spacial score (nSPS) is 9.95. The average molecular weight is 269 g/mol. The van der Waals surface area contributed by atoms with E-state index >= 15 is 0 Å². The van der Waals surface area contributed by atoms with Gasteiger partial charge in [-0.3, -0.25) is 0 Å². The number of ether oxygens (including phenoxy) is 2. The Morgan fingerprint density at radius 1 is 1.00 bits per heavy atom. The van der Waals surface area contributed by atoms with Gasteiger partial charge in [0.05, 0.1) is 19.9 Å². The van der Waals surface area contributed by atoms with Crippen LogP contribution in [0.4, 0.5) is 0 Å². The summed E-state index contributed by atoms with van der Waals surface area (Å²) >= 11 is 0. The quantitative estimate of drug-likeness (QED) is 0.856. The van der Waals surface area contributed by atoms with Crippen LogP contribution in [-0.4, -0.2) is 24.2 Å². The van der Waals surface area contributed by atoms with Gasteiger partial charge < -0.3 is 9.47 Å². The largest absolute Gasteiger partial charge is 0.493 e. The smallest absolute Gasteiger partial charge is 0.161 e. The molecule has 0 aliphatic heterocycles. The van der Waals surface area contributed by atoms with Gasteiger partial charge in [-0.15, -0.1) is 0 Å². The van der Waals surface area contributed by atoms with Crippen LogP contribution >= 0.6 is 0 Å². The molecule has 2 rings (SSSR count). The van der Waals surface area contributed by atoms with Crippen molar-refractivity contribution in [3.8, 4) is 28.8 Å². The highest BCUT2D eigenvalue weighted by Gasteiger charge is 2.12. The monoisotopic (exact) mass is 269 g/mol. The first-order valence-electron chi connectivity index (χ1n) is 6.07. The maximum atomic E-state index is 9.00. The molecular weight excluding hydrogens is 254 g/mol. The first-order chi connectivity index (χ1) is 9.58. The lowest BCUT2D eigenvalue weighted by Crippen LogP contribution is -1.98. The van der Waals surface area contributed by atoms with E-state index in [9.17, 15) is 0 Å². The van der Waals surface area contributed by atoms with Crippen molar-refractivity contribution >= 4 is 0 Å². The summed E-state index contributed by atoms with van der Waals surface area (Å²) in [7, 11) is 3.18. The zero-order valence-corrected chi connectivity index (χ0v) is 11.9. The molecule has 0 fully saturated rings. The van der Waals surface area contributed by atoms with Crippen LogP contribution in [0.1, 0.15) is 17.1 Å². The maximum Gasteiger partial charge on any atom is 0.161 e. The highest BCUT2D eigenvalue weighted by atomic mass is 16.5. The van der Waals surface area contributed by atoms with Crippen LogP contribution < -0.4 is 9.47 Å². The first kappa shape index (κ1) is 13.8. The number of hydrogen-bond donors (Lipinski definition) is 0. The van der Waals surface area contributed by atoms with E-state index in [1.54, 1.807) is 27.2 Å². The molecule has 0 aliphatic rings. The minimum Gasteiger partial charge on any atom is -0.493 e. The Labute approximate surface area is 117 Å². The highest BCUT2D eigenvalue weighted by molar-refractivity contribution is 5.68. The molecule has 0 unspecified atom stereocenters. The minimum absolute atomic E-state index is 0.349. The molecule has 20 heavy (non-hydrogen) atoms. The predicted octanol–water partition coefficient (Wildman–Crippen LogP) is 2.65. The van der Waals surface area contributed by atoms with Crippen molar-refractivity contribution in [2.75, 3.05) is 14.2 Å². The fourth-order valence-corrected chi connectivity index (χ4v) is 2.02. The van der Waals surface area contributed by atoms with Crippen molar-refractivity contribution < 1.29 is 9.47 Å². The zero-order chi connectivity index (χ0) is 14.7. The predicted molar refractivity (Wildman–Crippen MR) is 74.8 cm³/mol. The molecule has 0 bridgehead atoms. The molecule has 1 heterocycles. The molecule has 0 spiro atoms. The van der Waals surface area contributed by atoms with Crippen molar-refractivity contribution in [1.82, 2.24) is 9.97 Å². The lowest BCUT2D eigenvalue weighted by Gasteiger charge is -2.12. The molecule has 0 saturated carbocycles. The van der Waals surface area contributed by atoms with Crippen LogP contribution in [0, 0.1) is 25.2 Å². The number of methoxy groups -OCH3 is 2. The van der Waals surface area contributed by atoms with Gasteiger partial charge in [-0.25, -0.2) is 9.97 Å². The fraction of sp³-hybridized carbons (Fsp3) is 0.267. The summed E-state index contributed by atoms with van der Waals surface area (Å²) in [4.78, 5) is 8.44. The van der Waals surface area contributed by atoms with E-state index in [2.05, 4.69) is 9.97 Å². The van der Waals surface area contributed by atoms with Gasteiger partial charge in [-0.2, -0.15) is 5.26 Å². The summed E-state index contributed by atoms with van der Waals surface area (Å²) in [6.45, 7) is 3.72. The Morgan fingerprint density at radius 3 is 2.25 bits per heavy atom. The summed E-state index contributed by atoms with van der Waals surface area (Å²) in [5.74, 6) is 1.86. The third-order valence-corrected chi connectivity index (χ3v) is 2.96. The van der Waals surface area contributed by atoms with E-state index in [1.807, 2.05) is 25.1 Å². The minimum atomic E-state index is 0.349. The molecule has 102 valence electrons. The van der Waals surface area contributed by atoms with Crippen molar-refractivity contribution in [3.05, 3.63) is 35.3 Å². The molecule has 0 N–H and O–H groups in total. The van der Waals surface area contributed by atoms with Gasteiger partial charge in [0, 0.05) is 11.6 Å². The molecule has 0 aliphatic carbocycles. The molecule has 5 nitrogen and oxygen atoms in total. The Bertz CT molecular complexity index is 690. The van der Waals surface area contributed by atoms with Gasteiger partial charge in [-0.05, 0) is 31.5 Å². The molecule has 2 aromatic rings. The third kappa shape index (κ3) is 2.54. The van der Waals surface area contributed by atoms with Gasteiger partial charge in [0.25, 0.3) is 0 Å². The molecule has 0 atom stereocenters.